The molecule has 3 heterocycles. The summed E-state index contributed by atoms with van der Waals surface area (Å²) in [6.45, 7) is 1.80. The molecule has 3 aliphatic rings. The highest BCUT2D eigenvalue weighted by Crippen LogP contribution is 2.52. The Morgan fingerprint density at radius 2 is 1.54 bits per heavy atom. The molecule has 4 N–H and O–H groups in total. The van der Waals surface area contributed by atoms with Crippen LogP contribution in [0.1, 0.15) is 48.7 Å². The molecular formula is C31H29F2N5O. The Labute approximate surface area is 225 Å². The molecule has 1 aromatic heterocycles. The molecule has 6 nitrogen and oxygen atoms in total. The van der Waals surface area contributed by atoms with Crippen molar-refractivity contribution in [3.63, 3.8) is 0 Å². The van der Waals surface area contributed by atoms with Crippen LogP contribution in [-0.4, -0.2) is 35.0 Å². The van der Waals surface area contributed by atoms with E-state index in [0.29, 0.717) is 16.8 Å². The molecule has 3 aromatic carbocycles. The summed E-state index contributed by atoms with van der Waals surface area (Å²) in [5, 5.41) is 9.39. The third-order valence-corrected chi connectivity index (χ3v) is 8.17. The number of H-pyrrole nitrogens is 1. The summed E-state index contributed by atoms with van der Waals surface area (Å²) in [5.74, 6) is -2.39. The number of rotatable bonds is 5. The number of anilines is 1. The van der Waals surface area contributed by atoms with Gasteiger partial charge in [-0.15, -0.1) is 0 Å². The van der Waals surface area contributed by atoms with Gasteiger partial charge in [-0.05, 0) is 84.8 Å². The summed E-state index contributed by atoms with van der Waals surface area (Å²) < 4.78 is 31.4. The van der Waals surface area contributed by atoms with E-state index in [2.05, 4.69) is 25.9 Å². The Balaban J connectivity index is 1.13. The number of fused-ring (bicyclic) bond motifs is 3. The van der Waals surface area contributed by atoms with Crippen LogP contribution >= 0.6 is 0 Å². The average Bonchev–Trinajstić information content (AvgIpc) is 3.77. The number of aromatic nitrogens is 2. The molecule has 2 aliphatic heterocycles. The molecule has 39 heavy (non-hydrogen) atoms. The van der Waals surface area contributed by atoms with Crippen LogP contribution in [0, 0.1) is 0 Å². The van der Waals surface area contributed by atoms with Crippen LogP contribution in [0.4, 0.5) is 14.5 Å². The normalized spacial score (nSPS) is 21.1. The van der Waals surface area contributed by atoms with Crippen molar-refractivity contribution in [3.8, 4) is 33.5 Å². The number of amides is 1. The van der Waals surface area contributed by atoms with Crippen molar-refractivity contribution >= 4 is 11.6 Å². The zero-order chi connectivity index (χ0) is 26.6. The zero-order valence-electron chi connectivity index (χ0n) is 21.4. The summed E-state index contributed by atoms with van der Waals surface area (Å²) in [6, 6.07) is 17.9. The van der Waals surface area contributed by atoms with Crippen molar-refractivity contribution < 1.29 is 13.6 Å². The molecular weight excluding hydrogens is 496 g/mol. The molecule has 4 aromatic rings. The van der Waals surface area contributed by atoms with Crippen LogP contribution in [0.5, 0.6) is 0 Å². The summed E-state index contributed by atoms with van der Waals surface area (Å²) >= 11 is 0. The first-order valence-corrected chi connectivity index (χ1v) is 13.6. The van der Waals surface area contributed by atoms with Gasteiger partial charge in [-0.3, -0.25) is 4.79 Å². The van der Waals surface area contributed by atoms with E-state index >= 15 is 8.78 Å². The van der Waals surface area contributed by atoms with Gasteiger partial charge in [-0.2, -0.15) is 8.78 Å². The second kappa shape index (κ2) is 9.39. The van der Waals surface area contributed by atoms with E-state index in [1.165, 1.54) is 6.07 Å². The number of nitrogens with one attached hydrogen (secondary N) is 4. The van der Waals surface area contributed by atoms with Gasteiger partial charge in [0, 0.05) is 16.8 Å². The number of carbonyl (C=O) groups excluding carboxylic acids is 1. The molecule has 2 fully saturated rings. The standard InChI is InChI=1S/C31H29F2N5O/c32-31(33)24-15-20(18-5-7-19(8-6-18)28-17-36-29(38-28)26-3-1-13-34-26)9-11-22(24)23-12-10-21(16-25(23)31)37-30(39)27-4-2-14-35-27/h5-12,15-17,26-27,34-35H,1-4,13-14H2,(H,36,38)(H,37,39)/t26-,27-/m0/s1. The first-order valence-electron chi connectivity index (χ1n) is 13.6. The van der Waals surface area contributed by atoms with E-state index in [1.54, 1.807) is 24.3 Å². The van der Waals surface area contributed by atoms with Crippen molar-refractivity contribution in [3.05, 3.63) is 83.8 Å². The monoisotopic (exact) mass is 525 g/mol. The van der Waals surface area contributed by atoms with Gasteiger partial charge >= 0.3 is 0 Å². The third kappa shape index (κ3) is 4.24. The minimum Gasteiger partial charge on any atom is -0.341 e. The summed E-state index contributed by atoms with van der Waals surface area (Å²) in [4.78, 5) is 20.5. The van der Waals surface area contributed by atoms with E-state index in [-0.39, 0.29) is 29.1 Å². The number of benzene rings is 3. The summed E-state index contributed by atoms with van der Waals surface area (Å²) in [6.07, 6.45) is 5.76. The lowest BCUT2D eigenvalue weighted by atomic mass is 9.97. The molecule has 2 saturated heterocycles. The number of halogens is 2. The summed E-state index contributed by atoms with van der Waals surface area (Å²) in [7, 11) is 0. The van der Waals surface area contributed by atoms with Gasteiger partial charge in [0.25, 0.3) is 5.92 Å². The lowest BCUT2D eigenvalue weighted by Crippen LogP contribution is -2.35. The van der Waals surface area contributed by atoms with E-state index in [4.69, 9.17) is 0 Å². The zero-order valence-corrected chi connectivity index (χ0v) is 21.4. The van der Waals surface area contributed by atoms with Crippen molar-refractivity contribution in [2.24, 2.45) is 0 Å². The SMILES string of the molecule is O=C(Nc1ccc2c(c1)C(F)(F)c1cc(-c3ccc(-c4cnc([C@@H]5CCCN5)[nH]4)cc3)ccc1-2)[C@@H]1CCCN1. The second-order valence-corrected chi connectivity index (χ2v) is 10.6. The van der Waals surface area contributed by atoms with Crippen LogP contribution in [0.15, 0.2) is 66.9 Å². The van der Waals surface area contributed by atoms with Crippen LogP contribution in [-0.2, 0) is 10.7 Å². The molecule has 2 atom stereocenters. The number of aromatic amines is 1. The summed E-state index contributed by atoms with van der Waals surface area (Å²) in [5.41, 5.74) is 4.86. The maximum Gasteiger partial charge on any atom is 0.299 e. The Kier molecular flexibility index (Phi) is 5.82. The van der Waals surface area contributed by atoms with E-state index < -0.39 is 5.92 Å². The predicted octanol–water partition coefficient (Wildman–Crippen LogP) is 5.98. The number of alkyl halides is 2. The van der Waals surface area contributed by atoms with Gasteiger partial charge in [0.1, 0.15) is 5.82 Å². The number of nitrogens with zero attached hydrogens (tertiary/aromatic N) is 1. The van der Waals surface area contributed by atoms with Crippen LogP contribution in [0.3, 0.4) is 0 Å². The first kappa shape index (κ1) is 24.2. The van der Waals surface area contributed by atoms with Crippen molar-refractivity contribution in [1.82, 2.24) is 20.6 Å². The average molecular weight is 526 g/mol. The van der Waals surface area contributed by atoms with Crippen LogP contribution in [0.2, 0.25) is 0 Å². The quantitative estimate of drug-likeness (QED) is 0.258. The molecule has 1 aliphatic carbocycles. The molecule has 0 bridgehead atoms. The molecule has 198 valence electrons. The molecule has 7 rings (SSSR count). The van der Waals surface area contributed by atoms with Gasteiger partial charge in [0.2, 0.25) is 5.91 Å². The van der Waals surface area contributed by atoms with Crippen molar-refractivity contribution in [1.29, 1.82) is 0 Å². The lowest BCUT2D eigenvalue weighted by molar-refractivity contribution is -0.117. The molecule has 0 radical (unpaired) electrons. The van der Waals surface area contributed by atoms with E-state index in [9.17, 15) is 4.79 Å². The highest BCUT2D eigenvalue weighted by Gasteiger charge is 2.44. The van der Waals surface area contributed by atoms with Crippen LogP contribution < -0.4 is 16.0 Å². The van der Waals surface area contributed by atoms with Gasteiger partial charge in [0.15, 0.2) is 0 Å². The number of hydrogen-bond donors (Lipinski definition) is 4. The fourth-order valence-corrected chi connectivity index (χ4v) is 6.04. The number of imidazole rings is 1. The maximum atomic E-state index is 15.7. The Bertz CT molecular complexity index is 1550. The largest absolute Gasteiger partial charge is 0.341 e. The van der Waals surface area contributed by atoms with E-state index in [0.717, 1.165) is 67.0 Å². The number of carbonyl (C=O) groups is 1. The number of hydrogen-bond acceptors (Lipinski definition) is 4. The Hall–Kier alpha value is -3.88. The van der Waals surface area contributed by atoms with Gasteiger partial charge in [-0.1, -0.05) is 42.5 Å². The van der Waals surface area contributed by atoms with E-state index in [1.807, 2.05) is 36.5 Å². The second-order valence-electron chi connectivity index (χ2n) is 10.6. The Morgan fingerprint density at radius 3 is 2.28 bits per heavy atom. The fraction of sp³-hybridized carbons (Fsp3) is 0.290. The Morgan fingerprint density at radius 1 is 0.846 bits per heavy atom. The van der Waals surface area contributed by atoms with Crippen LogP contribution in [0.25, 0.3) is 33.5 Å². The lowest BCUT2D eigenvalue weighted by Gasteiger charge is -2.15. The maximum absolute atomic E-state index is 15.7. The van der Waals surface area contributed by atoms with Crippen molar-refractivity contribution in [2.75, 3.05) is 18.4 Å². The molecule has 0 spiro atoms. The topological polar surface area (TPSA) is 81.8 Å². The molecule has 0 unspecified atom stereocenters. The minimum absolute atomic E-state index is 0.0118. The highest BCUT2D eigenvalue weighted by atomic mass is 19.3. The fourth-order valence-electron chi connectivity index (χ4n) is 6.04. The third-order valence-electron chi connectivity index (χ3n) is 8.17. The smallest absolute Gasteiger partial charge is 0.299 e. The molecule has 0 saturated carbocycles. The minimum atomic E-state index is -3.16. The first-order chi connectivity index (χ1) is 19.0. The van der Waals surface area contributed by atoms with Gasteiger partial charge < -0.3 is 20.9 Å². The predicted molar refractivity (Wildman–Crippen MR) is 148 cm³/mol. The van der Waals surface area contributed by atoms with Gasteiger partial charge in [0.05, 0.1) is 24.0 Å². The molecule has 1 amide bonds. The highest BCUT2D eigenvalue weighted by molar-refractivity contribution is 5.96. The van der Waals surface area contributed by atoms with Crippen molar-refractivity contribution in [2.45, 2.75) is 43.7 Å². The molecule has 8 heteroatoms. The van der Waals surface area contributed by atoms with Gasteiger partial charge in [-0.25, -0.2) is 4.98 Å².